The Balaban J connectivity index is 2.16. The minimum absolute atomic E-state index is 0.0506. The Morgan fingerprint density at radius 2 is 2.08 bits per heavy atom. The molecule has 128 valence electrons. The number of phenolic OH excluding ortho intramolecular Hbond substituents is 1. The molecule has 0 bridgehead atoms. The number of phenols is 1. The number of methoxy groups -OCH3 is 1. The Hall–Kier alpha value is -2.49. The predicted molar refractivity (Wildman–Crippen MR) is 99.2 cm³/mol. The fraction of sp³-hybridized carbons (Fsp3) is 0.111. The van der Waals surface area contributed by atoms with Gasteiger partial charge in [-0.1, -0.05) is 23.7 Å². The van der Waals surface area contributed by atoms with Crippen molar-refractivity contribution in [1.29, 1.82) is 5.26 Å². The van der Waals surface area contributed by atoms with E-state index in [2.05, 4.69) is 21.2 Å². The van der Waals surface area contributed by atoms with Gasteiger partial charge in [-0.15, -0.1) is 0 Å². The molecule has 7 heteroatoms. The highest BCUT2D eigenvalue weighted by molar-refractivity contribution is 9.10. The second-order valence-corrected chi connectivity index (χ2v) is 6.32. The van der Waals surface area contributed by atoms with Crippen molar-refractivity contribution in [3.63, 3.8) is 0 Å². The number of ether oxygens (including phenoxy) is 1. The highest BCUT2D eigenvalue weighted by Crippen LogP contribution is 2.35. The van der Waals surface area contributed by atoms with Gasteiger partial charge >= 0.3 is 0 Å². The largest absolute Gasteiger partial charge is 0.503 e. The van der Waals surface area contributed by atoms with E-state index in [-0.39, 0.29) is 23.6 Å². The normalized spacial score (nSPS) is 10.9. The summed E-state index contributed by atoms with van der Waals surface area (Å²) in [5, 5.41) is 22.3. The van der Waals surface area contributed by atoms with Crippen LogP contribution in [0.25, 0.3) is 6.08 Å². The number of nitrogens with zero attached hydrogens (tertiary/aromatic N) is 1. The number of nitrogens with one attached hydrogen (secondary N) is 1. The first kappa shape index (κ1) is 18.8. The van der Waals surface area contributed by atoms with Gasteiger partial charge in [0.1, 0.15) is 11.6 Å². The second kappa shape index (κ2) is 8.56. The number of amides is 1. The van der Waals surface area contributed by atoms with Gasteiger partial charge in [0, 0.05) is 11.6 Å². The maximum absolute atomic E-state index is 12.2. The Morgan fingerprint density at radius 1 is 1.40 bits per heavy atom. The molecule has 0 saturated carbocycles. The van der Waals surface area contributed by atoms with Crippen LogP contribution in [0, 0.1) is 11.3 Å². The van der Waals surface area contributed by atoms with Crippen LogP contribution in [-0.4, -0.2) is 18.1 Å². The summed E-state index contributed by atoms with van der Waals surface area (Å²) in [6.07, 6.45) is 1.42. The van der Waals surface area contributed by atoms with Crippen LogP contribution in [0.2, 0.25) is 5.02 Å². The average molecular weight is 422 g/mol. The van der Waals surface area contributed by atoms with Gasteiger partial charge in [0.2, 0.25) is 0 Å². The molecule has 0 aliphatic heterocycles. The third kappa shape index (κ3) is 4.99. The van der Waals surface area contributed by atoms with E-state index in [0.717, 1.165) is 5.56 Å². The number of halogens is 2. The van der Waals surface area contributed by atoms with Crippen molar-refractivity contribution in [3.8, 4) is 17.6 Å². The number of nitriles is 1. The number of carbonyl (C=O) groups excluding carboxylic acids is 1. The van der Waals surface area contributed by atoms with Crippen molar-refractivity contribution in [1.82, 2.24) is 5.32 Å². The molecule has 2 rings (SSSR count). The van der Waals surface area contributed by atoms with Gasteiger partial charge < -0.3 is 15.2 Å². The zero-order chi connectivity index (χ0) is 18.4. The Kier molecular flexibility index (Phi) is 6.45. The molecule has 0 unspecified atom stereocenters. The van der Waals surface area contributed by atoms with E-state index >= 15 is 0 Å². The number of carbonyl (C=O) groups is 1. The minimum Gasteiger partial charge on any atom is -0.503 e. The summed E-state index contributed by atoms with van der Waals surface area (Å²) in [5.41, 5.74) is 1.34. The zero-order valence-corrected chi connectivity index (χ0v) is 15.6. The van der Waals surface area contributed by atoms with Crippen LogP contribution in [0.5, 0.6) is 11.5 Å². The van der Waals surface area contributed by atoms with Crippen LogP contribution in [0.1, 0.15) is 11.1 Å². The number of rotatable bonds is 5. The highest BCUT2D eigenvalue weighted by atomic mass is 79.9. The van der Waals surface area contributed by atoms with Crippen LogP contribution in [0.15, 0.2) is 46.4 Å². The van der Waals surface area contributed by atoms with Crippen LogP contribution < -0.4 is 10.1 Å². The monoisotopic (exact) mass is 420 g/mol. The summed E-state index contributed by atoms with van der Waals surface area (Å²) < 4.78 is 5.45. The summed E-state index contributed by atoms with van der Waals surface area (Å²) in [6.45, 7) is 0.275. The molecule has 0 radical (unpaired) electrons. The lowest BCUT2D eigenvalue weighted by atomic mass is 10.1. The number of aromatic hydroxyl groups is 1. The van der Waals surface area contributed by atoms with Crippen molar-refractivity contribution >= 4 is 39.5 Å². The summed E-state index contributed by atoms with van der Waals surface area (Å²) in [7, 11) is 1.42. The molecule has 2 aromatic rings. The number of benzene rings is 2. The van der Waals surface area contributed by atoms with Crippen LogP contribution in [-0.2, 0) is 11.3 Å². The maximum atomic E-state index is 12.2. The lowest BCUT2D eigenvalue weighted by Crippen LogP contribution is -2.23. The lowest BCUT2D eigenvalue weighted by molar-refractivity contribution is -0.117. The van der Waals surface area contributed by atoms with Gasteiger partial charge in [0.15, 0.2) is 11.5 Å². The molecule has 1 amide bonds. The van der Waals surface area contributed by atoms with E-state index in [4.69, 9.17) is 16.3 Å². The van der Waals surface area contributed by atoms with Crippen LogP contribution >= 0.6 is 27.5 Å². The first-order valence-corrected chi connectivity index (χ1v) is 8.32. The fourth-order valence-corrected chi connectivity index (χ4v) is 2.61. The van der Waals surface area contributed by atoms with Gasteiger partial charge in [-0.05, 0) is 57.4 Å². The van der Waals surface area contributed by atoms with Gasteiger partial charge in [-0.25, -0.2) is 0 Å². The maximum Gasteiger partial charge on any atom is 0.262 e. The first-order chi connectivity index (χ1) is 11.9. The Labute approximate surface area is 158 Å². The van der Waals surface area contributed by atoms with Crippen LogP contribution in [0.3, 0.4) is 0 Å². The standard InChI is InChI=1S/C18H14BrClN2O3/c1-25-16-8-12(7-15(19)17(16)23)6-13(9-21)18(24)22-10-11-2-4-14(20)5-3-11/h2-8,23H,10H2,1H3,(H,22,24)/b13-6+. The molecule has 0 aliphatic rings. The number of hydrogen-bond donors (Lipinski definition) is 2. The molecule has 0 heterocycles. The molecule has 0 aromatic heterocycles. The molecule has 2 N–H and O–H groups in total. The van der Waals surface area contributed by atoms with E-state index in [0.29, 0.717) is 15.1 Å². The first-order valence-electron chi connectivity index (χ1n) is 7.15. The summed E-state index contributed by atoms with van der Waals surface area (Å²) in [4.78, 5) is 12.2. The summed E-state index contributed by atoms with van der Waals surface area (Å²) in [5.74, 6) is -0.314. The molecular formula is C18H14BrClN2O3. The number of hydrogen-bond acceptors (Lipinski definition) is 4. The topological polar surface area (TPSA) is 82.3 Å². The SMILES string of the molecule is COc1cc(/C=C(\C#N)C(=O)NCc2ccc(Cl)cc2)cc(Br)c1O. The van der Waals surface area contributed by atoms with E-state index in [9.17, 15) is 15.2 Å². The van der Waals surface area contributed by atoms with Gasteiger partial charge in [0.05, 0.1) is 11.6 Å². The fourth-order valence-electron chi connectivity index (χ4n) is 2.03. The molecule has 25 heavy (non-hydrogen) atoms. The third-order valence-electron chi connectivity index (χ3n) is 3.31. The molecule has 0 fully saturated rings. The van der Waals surface area contributed by atoms with E-state index in [1.54, 1.807) is 30.3 Å². The molecule has 0 atom stereocenters. The average Bonchev–Trinajstić information content (AvgIpc) is 2.61. The minimum atomic E-state index is -0.499. The quantitative estimate of drug-likeness (QED) is 0.564. The van der Waals surface area contributed by atoms with Gasteiger partial charge in [-0.2, -0.15) is 5.26 Å². The zero-order valence-electron chi connectivity index (χ0n) is 13.2. The van der Waals surface area contributed by atoms with Crippen molar-refractivity contribution in [2.45, 2.75) is 6.54 Å². The lowest BCUT2D eigenvalue weighted by Gasteiger charge is -2.08. The van der Waals surface area contributed by atoms with Crippen LogP contribution in [0.4, 0.5) is 0 Å². The molecule has 0 spiro atoms. The smallest absolute Gasteiger partial charge is 0.262 e. The van der Waals surface area contributed by atoms with Gasteiger partial charge in [0.25, 0.3) is 5.91 Å². The van der Waals surface area contributed by atoms with Crippen molar-refractivity contribution < 1.29 is 14.6 Å². The molecule has 0 aliphatic carbocycles. The van der Waals surface area contributed by atoms with E-state index in [1.165, 1.54) is 19.3 Å². The molecule has 2 aromatic carbocycles. The van der Waals surface area contributed by atoms with Crippen molar-refractivity contribution in [2.75, 3.05) is 7.11 Å². The van der Waals surface area contributed by atoms with Crippen molar-refractivity contribution in [2.24, 2.45) is 0 Å². The third-order valence-corrected chi connectivity index (χ3v) is 4.17. The highest BCUT2D eigenvalue weighted by Gasteiger charge is 2.12. The molecular weight excluding hydrogens is 408 g/mol. The van der Waals surface area contributed by atoms with Gasteiger partial charge in [-0.3, -0.25) is 4.79 Å². The van der Waals surface area contributed by atoms with E-state index < -0.39 is 5.91 Å². The second-order valence-electron chi connectivity index (χ2n) is 5.03. The molecule has 0 saturated heterocycles. The predicted octanol–water partition coefficient (Wildman–Crippen LogP) is 4.04. The Morgan fingerprint density at radius 3 is 2.68 bits per heavy atom. The Bertz CT molecular complexity index is 858. The van der Waals surface area contributed by atoms with E-state index in [1.807, 2.05) is 6.07 Å². The van der Waals surface area contributed by atoms with Crippen molar-refractivity contribution in [3.05, 3.63) is 62.6 Å². The summed E-state index contributed by atoms with van der Waals surface area (Å²) >= 11 is 9.01. The molecule has 5 nitrogen and oxygen atoms in total. The summed E-state index contributed by atoms with van der Waals surface area (Å²) in [6, 6.07) is 12.0.